The third-order valence-corrected chi connectivity index (χ3v) is 4.59. The predicted molar refractivity (Wildman–Crippen MR) is 105 cm³/mol. The molecule has 0 fully saturated rings. The van der Waals surface area contributed by atoms with E-state index in [0.717, 1.165) is 22.1 Å². The highest BCUT2D eigenvalue weighted by atomic mass is 16.5. The van der Waals surface area contributed by atoms with Crippen LogP contribution in [-0.4, -0.2) is 21.3 Å². The van der Waals surface area contributed by atoms with E-state index >= 15 is 0 Å². The molecule has 0 atom stereocenters. The summed E-state index contributed by atoms with van der Waals surface area (Å²) in [6.07, 6.45) is 0. The van der Waals surface area contributed by atoms with Crippen LogP contribution in [0.3, 0.4) is 0 Å². The Morgan fingerprint density at radius 1 is 0.741 bits per heavy atom. The quantitative estimate of drug-likeness (QED) is 0.495. The van der Waals surface area contributed by atoms with Gasteiger partial charge < -0.3 is 18.6 Å². The van der Waals surface area contributed by atoms with Crippen molar-refractivity contribution in [2.45, 2.75) is 0 Å². The van der Waals surface area contributed by atoms with Gasteiger partial charge in [-0.1, -0.05) is 6.07 Å². The van der Waals surface area contributed by atoms with Crippen LogP contribution in [0.25, 0.3) is 33.1 Å². The fraction of sp³-hybridized carbons (Fsp3) is 0.136. The smallest absolute Gasteiger partial charge is 0.193 e. The Morgan fingerprint density at radius 3 is 2.11 bits per heavy atom. The molecular weight excluding hydrogens is 344 g/mol. The molecular formula is C22H18O5. The average Bonchev–Trinajstić information content (AvgIpc) is 2.72. The second kappa shape index (κ2) is 6.68. The van der Waals surface area contributed by atoms with Crippen molar-refractivity contribution in [1.29, 1.82) is 0 Å². The van der Waals surface area contributed by atoms with E-state index in [1.165, 1.54) is 6.07 Å². The molecule has 5 heteroatoms. The maximum atomic E-state index is 12.7. The molecule has 5 nitrogen and oxygen atoms in total. The molecule has 0 saturated carbocycles. The first-order valence-electron chi connectivity index (χ1n) is 8.41. The Bertz CT molecular complexity index is 1190. The van der Waals surface area contributed by atoms with Gasteiger partial charge in [0.2, 0.25) is 0 Å². The lowest BCUT2D eigenvalue weighted by molar-refractivity contribution is 0.356. The molecule has 0 aliphatic heterocycles. The number of methoxy groups -OCH3 is 3. The summed E-state index contributed by atoms with van der Waals surface area (Å²) in [6.45, 7) is 0. The Morgan fingerprint density at radius 2 is 1.44 bits per heavy atom. The molecule has 0 N–H and O–H groups in total. The molecule has 0 unspecified atom stereocenters. The largest absolute Gasteiger partial charge is 0.497 e. The standard InChI is InChI=1S/C22H18O5/c1-24-15-7-4-13(5-8-15)19-12-18(23)16-9-6-14-10-20(25-2)21(26-3)11-17(14)22(16)27-19/h4-12H,1-3H3. The van der Waals surface area contributed by atoms with Gasteiger partial charge in [0.05, 0.1) is 26.7 Å². The lowest BCUT2D eigenvalue weighted by Gasteiger charge is -2.11. The van der Waals surface area contributed by atoms with Crippen molar-refractivity contribution >= 4 is 21.7 Å². The molecule has 136 valence electrons. The van der Waals surface area contributed by atoms with Crippen molar-refractivity contribution in [3.05, 3.63) is 64.8 Å². The molecule has 4 aromatic rings. The normalized spacial score (nSPS) is 10.9. The van der Waals surface area contributed by atoms with Crippen LogP contribution in [0.2, 0.25) is 0 Å². The number of rotatable bonds is 4. The molecule has 0 saturated heterocycles. The number of ether oxygens (including phenoxy) is 3. The van der Waals surface area contributed by atoms with Crippen LogP contribution >= 0.6 is 0 Å². The Balaban J connectivity index is 2.00. The Kier molecular flexibility index (Phi) is 4.20. The average molecular weight is 362 g/mol. The van der Waals surface area contributed by atoms with Gasteiger partial charge in [-0.3, -0.25) is 4.79 Å². The van der Waals surface area contributed by atoms with Crippen molar-refractivity contribution in [3.8, 4) is 28.6 Å². The molecule has 4 rings (SSSR count). The SMILES string of the molecule is COc1ccc(-c2cc(=O)c3ccc4cc(OC)c(OC)cc4c3o2)cc1. The summed E-state index contributed by atoms with van der Waals surface area (Å²) in [5, 5.41) is 2.21. The highest BCUT2D eigenvalue weighted by Crippen LogP contribution is 2.36. The first kappa shape index (κ1) is 17.0. The highest BCUT2D eigenvalue weighted by Gasteiger charge is 2.13. The number of fused-ring (bicyclic) bond motifs is 3. The highest BCUT2D eigenvalue weighted by molar-refractivity contribution is 6.05. The summed E-state index contributed by atoms with van der Waals surface area (Å²) in [5.41, 5.74) is 1.22. The van der Waals surface area contributed by atoms with E-state index in [-0.39, 0.29) is 5.43 Å². The summed E-state index contributed by atoms with van der Waals surface area (Å²) < 4.78 is 22.1. The van der Waals surface area contributed by atoms with Crippen LogP contribution in [0, 0.1) is 0 Å². The van der Waals surface area contributed by atoms with Crippen molar-refractivity contribution in [2.24, 2.45) is 0 Å². The topological polar surface area (TPSA) is 57.9 Å². The minimum absolute atomic E-state index is 0.0984. The molecule has 0 aliphatic carbocycles. The molecule has 0 spiro atoms. The minimum Gasteiger partial charge on any atom is -0.497 e. The summed E-state index contributed by atoms with van der Waals surface area (Å²) >= 11 is 0. The van der Waals surface area contributed by atoms with Crippen LogP contribution in [-0.2, 0) is 0 Å². The van der Waals surface area contributed by atoms with Gasteiger partial charge >= 0.3 is 0 Å². The molecule has 3 aromatic carbocycles. The zero-order valence-electron chi connectivity index (χ0n) is 15.2. The second-order valence-corrected chi connectivity index (χ2v) is 6.07. The van der Waals surface area contributed by atoms with E-state index < -0.39 is 0 Å². The molecule has 0 bridgehead atoms. The van der Waals surface area contributed by atoms with Gasteiger partial charge in [-0.05, 0) is 47.9 Å². The Hall–Kier alpha value is -3.47. The van der Waals surface area contributed by atoms with Crippen LogP contribution in [0.15, 0.2) is 63.8 Å². The van der Waals surface area contributed by atoms with Gasteiger partial charge in [0.1, 0.15) is 17.1 Å². The lowest BCUT2D eigenvalue weighted by Crippen LogP contribution is -2.01. The number of benzene rings is 3. The van der Waals surface area contributed by atoms with Crippen molar-refractivity contribution in [1.82, 2.24) is 0 Å². The van der Waals surface area contributed by atoms with Crippen LogP contribution < -0.4 is 19.6 Å². The third-order valence-electron chi connectivity index (χ3n) is 4.59. The van der Waals surface area contributed by atoms with E-state index in [1.54, 1.807) is 27.4 Å². The summed E-state index contributed by atoms with van der Waals surface area (Å²) in [7, 11) is 4.78. The zero-order chi connectivity index (χ0) is 19.0. The van der Waals surface area contributed by atoms with Crippen molar-refractivity contribution in [2.75, 3.05) is 21.3 Å². The fourth-order valence-electron chi connectivity index (χ4n) is 3.16. The Labute approximate surface area is 155 Å². The van der Waals surface area contributed by atoms with E-state index in [1.807, 2.05) is 42.5 Å². The molecule has 1 aromatic heterocycles. The van der Waals surface area contributed by atoms with E-state index in [9.17, 15) is 4.79 Å². The van der Waals surface area contributed by atoms with Crippen LogP contribution in [0.5, 0.6) is 17.2 Å². The van der Waals surface area contributed by atoms with Crippen molar-refractivity contribution < 1.29 is 18.6 Å². The first-order valence-corrected chi connectivity index (χ1v) is 8.41. The minimum atomic E-state index is -0.0984. The van der Waals surface area contributed by atoms with Gasteiger partial charge in [-0.25, -0.2) is 0 Å². The predicted octanol–water partition coefficient (Wildman–Crippen LogP) is 4.64. The van der Waals surface area contributed by atoms with E-state index in [2.05, 4.69) is 0 Å². The molecule has 0 amide bonds. The molecule has 27 heavy (non-hydrogen) atoms. The maximum Gasteiger partial charge on any atom is 0.193 e. The monoisotopic (exact) mass is 362 g/mol. The van der Waals surface area contributed by atoms with Gasteiger partial charge in [-0.2, -0.15) is 0 Å². The summed E-state index contributed by atoms with van der Waals surface area (Å²) in [4.78, 5) is 12.7. The van der Waals surface area contributed by atoms with Crippen LogP contribution in [0.4, 0.5) is 0 Å². The van der Waals surface area contributed by atoms with Gasteiger partial charge in [-0.15, -0.1) is 0 Å². The third kappa shape index (κ3) is 2.87. The molecule has 1 heterocycles. The summed E-state index contributed by atoms with van der Waals surface area (Å²) in [5.74, 6) is 2.44. The van der Waals surface area contributed by atoms with Crippen molar-refractivity contribution in [3.63, 3.8) is 0 Å². The number of hydrogen-bond acceptors (Lipinski definition) is 5. The molecule has 0 radical (unpaired) electrons. The fourth-order valence-corrected chi connectivity index (χ4v) is 3.16. The first-order chi connectivity index (χ1) is 13.1. The zero-order valence-corrected chi connectivity index (χ0v) is 15.2. The number of hydrogen-bond donors (Lipinski definition) is 0. The summed E-state index contributed by atoms with van der Waals surface area (Å²) in [6, 6.07) is 16.2. The second-order valence-electron chi connectivity index (χ2n) is 6.07. The molecule has 0 aliphatic rings. The van der Waals surface area contributed by atoms with E-state index in [0.29, 0.717) is 28.2 Å². The van der Waals surface area contributed by atoms with Gasteiger partial charge in [0.15, 0.2) is 16.9 Å². The maximum absolute atomic E-state index is 12.7. The van der Waals surface area contributed by atoms with Gasteiger partial charge in [0, 0.05) is 17.0 Å². The van der Waals surface area contributed by atoms with Gasteiger partial charge in [0.25, 0.3) is 0 Å². The lowest BCUT2D eigenvalue weighted by atomic mass is 10.0. The van der Waals surface area contributed by atoms with Crippen LogP contribution in [0.1, 0.15) is 0 Å². The van der Waals surface area contributed by atoms with E-state index in [4.69, 9.17) is 18.6 Å².